The molecule has 41 heavy (non-hydrogen) atoms. The summed E-state index contributed by atoms with van der Waals surface area (Å²) in [4.78, 5) is 25.9. The number of carbonyl (C=O) groups excluding carboxylic acids is 1. The monoisotopic (exact) mass is 577 g/mol. The highest BCUT2D eigenvalue weighted by atomic mass is 32.2. The molecule has 0 N–H and O–H groups in total. The Labute approximate surface area is 238 Å². The lowest BCUT2D eigenvalue weighted by Gasteiger charge is -2.43. The zero-order valence-electron chi connectivity index (χ0n) is 23.2. The number of benzene rings is 2. The van der Waals surface area contributed by atoms with Crippen molar-refractivity contribution in [2.24, 2.45) is 0 Å². The van der Waals surface area contributed by atoms with Crippen LogP contribution in [0.5, 0.6) is 0 Å². The van der Waals surface area contributed by atoms with E-state index in [0.29, 0.717) is 42.0 Å². The molecule has 0 bridgehead atoms. The predicted molar refractivity (Wildman–Crippen MR) is 155 cm³/mol. The summed E-state index contributed by atoms with van der Waals surface area (Å²) in [5, 5.41) is 0.454. The Balaban J connectivity index is 1.44. The molecular weight excluding hydrogens is 545 g/mol. The molecule has 1 aliphatic carbocycles. The van der Waals surface area contributed by atoms with Gasteiger partial charge >= 0.3 is 6.09 Å². The first-order valence-electron chi connectivity index (χ1n) is 13.6. The molecule has 1 saturated heterocycles. The molecule has 214 valence electrons. The smallest absolute Gasteiger partial charge is 0.410 e. The number of halogens is 1. The van der Waals surface area contributed by atoms with Crippen molar-refractivity contribution in [3.63, 3.8) is 0 Å². The fourth-order valence-electron chi connectivity index (χ4n) is 5.54. The number of aromatic nitrogens is 3. The van der Waals surface area contributed by atoms with E-state index in [1.807, 2.05) is 26.8 Å². The van der Waals surface area contributed by atoms with Crippen LogP contribution in [0.4, 0.5) is 15.0 Å². The molecule has 4 aromatic rings. The Morgan fingerprint density at radius 2 is 1.71 bits per heavy atom. The maximum atomic E-state index is 15.2. The number of nitrogens with zero attached hydrogens (tertiary/aromatic N) is 5. The van der Waals surface area contributed by atoms with Crippen LogP contribution in [0.1, 0.15) is 39.2 Å². The van der Waals surface area contributed by atoms with Crippen LogP contribution >= 0.6 is 0 Å². The molecule has 1 aliphatic heterocycles. The molecule has 0 radical (unpaired) electrons. The second-order valence-electron chi connectivity index (χ2n) is 11.7. The van der Waals surface area contributed by atoms with Crippen LogP contribution in [0.25, 0.3) is 22.2 Å². The summed E-state index contributed by atoms with van der Waals surface area (Å²) in [6.07, 6.45) is 4.10. The largest absolute Gasteiger partial charge is 0.444 e. The van der Waals surface area contributed by atoms with E-state index in [1.165, 1.54) is 18.6 Å². The van der Waals surface area contributed by atoms with Crippen LogP contribution in [-0.2, 0) is 20.5 Å². The van der Waals surface area contributed by atoms with Crippen LogP contribution in [0.15, 0.2) is 67.1 Å². The van der Waals surface area contributed by atoms with Gasteiger partial charge in [0.25, 0.3) is 0 Å². The summed E-state index contributed by atoms with van der Waals surface area (Å²) in [6.45, 7) is 6.91. The van der Waals surface area contributed by atoms with E-state index in [4.69, 9.17) is 4.74 Å². The summed E-state index contributed by atoms with van der Waals surface area (Å²) in [7, 11) is -3.92. The van der Waals surface area contributed by atoms with E-state index in [1.54, 1.807) is 47.4 Å². The van der Waals surface area contributed by atoms with Crippen molar-refractivity contribution in [2.75, 3.05) is 24.5 Å². The maximum Gasteiger partial charge on any atom is 0.410 e. The van der Waals surface area contributed by atoms with Gasteiger partial charge in [0.15, 0.2) is 5.65 Å². The van der Waals surface area contributed by atoms with Crippen molar-refractivity contribution >= 4 is 33.0 Å². The first-order chi connectivity index (χ1) is 19.5. The van der Waals surface area contributed by atoms with Gasteiger partial charge in [-0.25, -0.2) is 31.5 Å². The van der Waals surface area contributed by atoms with Gasteiger partial charge in [0.1, 0.15) is 23.6 Å². The number of amides is 1. The van der Waals surface area contributed by atoms with E-state index in [9.17, 15) is 13.2 Å². The van der Waals surface area contributed by atoms with E-state index < -0.39 is 27.0 Å². The first-order valence-corrected chi connectivity index (χ1v) is 15.2. The Kier molecular flexibility index (Phi) is 6.52. The second-order valence-corrected chi connectivity index (χ2v) is 13.6. The molecule has 2 aliphatic rings. The zero-order valence-corrected chi connectivity index (χ0v) is 24.1. The van der Waals surface area contributed by atoms with Crippen LogP contribution in [0.3, 0.4) is 0 Å². The third kappa shape index (κ3) is 5.14. The fourth-order valence-corrected chi connectivity index (χ4v) is 6.96. The van der Waals surface area contributed by atoms with Crippen molar-refractivity contribution in [1.82, 2.24) is 18.8 Å². The molecule has 0 unspecified atom stereocenters. The topological polar surface area (TPSA) is 97.6 Å². The van der Waals surface area contributed by atoms with Crippen molar-refractivity contribution in [2.45, 2.75) is 50.5 Å². The van der Waals surface area contributed by atoms with Crippen molar-refractivity contribution in [1.29, 1.82) is 0 Å². The molecule has 2 aromatic carbocycles. The van der Waals surface area contributed by atoms with E-state index in [-0.39, 0.29) is 23.1 Å². The lowest BCUT2D eigenvalue weighted by molar-refractivity contribution is 0.0106. The standard InChI is InChI=1S/C30H32FN5O4S/c1-29(2,3)40-28(37)35-16-15-34(19-30(35)13-14-30)26-25-23(22-11-7-8-12-24(22)31)17-36(27(25)33-20-32-26)41(38,39)18-21-9-5-4-6-10-21/h4-12,17,20H,13-16,18-19H2,1-3H3. The first kappa shape index (κ1) is 27.2. The van der Waals surface area contributed by atoms with Gasteiger partial charge in [0.2, 0.25) is 10.0 Å². The summed E-state index contributed by atoms with van der Waals surface area (Å²) in [5.41, 5.74) is 0.471. The van der Waals surface area contributed by atoms with E-state index in [2.05, 4.69) is 14.9 Å². The molecule has 3 heterocycles. The van der Waals surface area contributed by atoms with Crippen LogP contribution in [-0.4, -0.2) is 64.1 Å². The van der Waals surface area contributed by atoms with Crippen molar-refractivity contribution in [3.8, 4) is 11.1 Å². The highest BCUT2D eigenvalue weighted by Crippen LogP contribution is 2.47. The number of anilines is 1. The number of fused-ring (bicyclic) bond motifs is 1. The van der Waals surface area contributed by atoms with Gasteiger partial charge in [0.05, 0.1) is 16.7 Å². The highest BCUT2D eigenvalue weighted by molar-refractivity contribution is 7.89. The van der Waals surface area contributed by atoms with Crippen LogP contribution in [0, 0.1) is 5.82 Å². The lowest BCUT2D eigenvalue weighted by Crippen LogP contribution is -2.58. The fraction of sp³-hybridized carbons (Fsp3) is 0.367. The Morgan fingerprint density at radius 3 is 2.39 bits per heavy atom. The molecule has 2 aromatic heterocycles. The van der Waals surface area contributed by atoms with E-state index >= 15 is 4.39 Å². The third-order valence-corrected chi connectivity index (χ3v) is 9.16. The molecule has 1 saturated carbocycles. The predicted octanol–water partition coefficient (Wildman–Crippen LogP) is 5.21. The molecule has 9 nitrogen and oxygen atoms in total. The van der Waals surface area contributed by atoms with Gasteiger partial charge in [-0.05, 0) is 45.2 Å². The second kappa shape index (κ2) is 9.83. The molecule has 11 heteroatoms. The number of hydrogen-bond acceptors (Lipinski definition) is 7. The summed E-state index contributed by atoms with van der Waals surface area (Å²) < 4.78 is 49.4. The number of carbonyl (C=O) groups is 1. The molecule has 6 rings (SSSR count). The van der Waals surface area contributed by atoms with Crippen LogP contribution < -0.4 is 4.90 Å². The molecule has 1 amide bonds. The Hall–Kier alpha value is -3.99. The van der Waals surface area contributed by atoms with Crippen molar-refractivity contribution < 1.29 is 22.3 Å². The quantitative estimate of drug-likeness (QED) is 0.321. The van der Waals surface area contributed by atoms with Gasteiger partial charge in [-0.2, -0.15) is 0 Å². The average molecular weight is 578 g/mol. The van der Waals surface area contributed by atoms with Gasteiger partial charge in [-0.15, -0.1) is 0 Å². The van der Waals surface area contributed by atoms with Crippen molar-refractivity contribution in [3.05, 3.63) is 78.5 Å². The molecular formula is C30H32FN5O4S. The van der Waals surface area contributed by atoms with Gasteiger partial charge in [-0.1, -0.05) is 48.5 Å². The van der Waals surface area contributed by atoms with Gasteiger partial charge in [-0.3, -0.25) is 4.90 Å². The normalized spacial score (nSPS) is 16.8. The minimum absolute atomic E-state index is 0.184. The summed E-state index contributed by atoms with van der Waals surface area (Å²) >= 11 is 0. The number of ether oxygens (including phenoxy) is 1. The number of rotatable bonds is 5. The third-order valence-electron chi connectivity index (χ3n) is 7.58. The maximum absolute atomic E-state index is 15.2. The van der Waals surface area contributed by atoms with Gasteiger partial charge in [0, 0.05) is 37.0 Å². The molecule has 1 spiro atoms. The molecule has 2 fully saturated rings. The summed E-state index contributed by atoms with van der Waals surface area (Å²) in [6, 6.07) is 15.2. The van der Waals surface area contributed by atoms with Crippen LogP contribution in [0.2, 0.25) is 0 Å². The lowest BCUT2D eigenvalue weighted by atomic mass is 10.0. The van der Waals surface area contributed by atoms with E-state index in [0.717, 1.165) is 16.8 Å². The molecule has 0 atom stereocenters. The minimum atomic E-state index is -3.92. The highest BCUT2D eigenvalue weighted by Gasteiger charge is 2.54. The number of piperazine rings is 1. The average Bonchev–Trinajstić information content (AvgIpc) is 3.55. The van der Waals surface area contributed by atoms with Gasteiger partial charge < -0.3 is 9.64 Å². The Morgan fingerprint density at radius 1 is 1.00 bits per heavy atom. The minimum Gasteiger partial charge on any atom is -0.444 e. The zero-order chi connectivity index (χ0) is 29.0. The Bertz CT molecular complexity index is 1730. The SMILES string of the molecule is CC(C)(C)OC(=O)N1CCN(c2ncnc3c2c(-c2ccccc2F)cn3S(=O)(=O)Cc2ccccc2)CC12CC2. The summed E-state index contributed by atoms with van der Waals surface area (Å²) in [5.74, 6) is -0.210. The number of hydrogen-bond donors (Lipinski definition) is 0.